The second kappa shape index (κ2) is 13.4. The maximum absolute atomic E-state index is 12.4. The van der Waals surface area contributed by atoms with Crippen molar-refractivity contribution in [2.75, 3.05) is 0 Å². The second-order valence-corrected chi connectivity index (χ2v) is 7.52. The van der Waals surface area contributed by atoms with Crippen molar-refractivity contribution < 1.29 is 4.79 Å². The highest BCUT2D eigenvalue weighted by molar-refractivity contribution is 5.98. The molecule has 0 bridgehead atoms. The largest absolute Gasteiger partial charge is 0.295 e. The first-order valence-corrected chi connectivity index (χ1v) is 10.6. The van der Waals surface area contributed by atoms with Crippen molar-refractivity contribution >= 4 is 5.78 Å². The Kier molecular flexibility index (Phi) is 11.9. The van der Waals surface area contributed by atoms with Crippen molar-refractivity contribution in [2.24, 2.45) is 0 Å². The number of rotatable bonds is 14. The first-order valence-electron chi connectivity index (χ1n) is 10.6. The molecule has 0 saturated carbocycles. The van der Waals surface area contributed by atoms with Crippen LogP contribution < -0.4 is 0 Å². The summed E-state index contributed by atoms with van der Waals surface area (Å²) in [7, 11) is 0. The van der Waals surface area contributed by atoms with Crippen molar-refractivity contribution in [2.45, 2.75) is 117 Å². The lowest BCUT2D eigenvalue weighted by molar-refractivity contribution is -0.116. The lowest BCUT2D eigenvalue weighted by Gasteiger charge is -2.22. The van der Waals surface area contributed by atoms with E-state index in [0.29, 0.717) is 12.2 Å². The van der Waals surface area contributed by atoms with Crippen molar-refractivity contribution in [3.8, 4) is 0 Å². The lowest BCUT2D eigenvalue weighted by atomic mass is 9.82. The molecule has 0 N–H and O–H groups in total. The number of unbranched alkanes of at least 4 members (excludes halogenated alkanes) is 10. The summed E-state index contributed by atoms with van der Waals surface area (Å²) in [6, 6.07) is 0. The van der Waals surface area contributed by atoms with E-state index in [-0.39, 0.29) is 0 Å². The van der Waals surface area contributed by atoms with E-state index in [2.05, 4.69) is 20.4 Å². The Bertz CT molecular complexity index is 364. The molecule has 0 saturated heterocycles. The molecule has 0 unspecified atom stereocenters. The molecule has 1 rings (SSSR count). The zero-order valence-corrected chi connectivity index (χ0v) is 16.4. The van der Waals surface area contributed by atoms with E-state index >= 15 is 0 Å². The molecule has 0 amide bonds. The normalized spacial score (nSPS) is 15.4. The molecule has 138 valence electrons. The van der Waals surface area contributed by atoms with Crippen LogP contribution in [0.4, 0.5) is 0 Å². The van der Waals surface area contributed by atoms with Crippen LogP contribution >= 0.6 is 0 Å². The molecular weight excluding hydrogens is 292 g/mol. The van der Waals surface area contributed by atoms with E-state index in [1.54, 1.807) is 0 Å². The molecule has 24 heavy (non-hydrogen) atoms. The van der Waals surface area contributed by atoms with E-state index in [9.17, 15) is 4.79 Å². The Balaban J connectivity index is 2.43. The smallest absolute Gasteiger partial charge is 0.159 e. The molecule has 0 aromatic heterocycles. The quantitative estimate of drug-likeness (QED) is 0.298. The van der Waals surface area contributed by atoms with E-state index < -0.39 is 0 Å². The van der Waals surface area contributed by atoms with Crippen LogP contribution in [0.2, 0.25) is 0 Å². The Morgan fingerprint density at radius 1 is 0.667 bits per heavy atom. The monoisotopic (exact) mass is 332 g/mol. The van der Waals surface area contributed by atoms with Crippen LogP contribution in [0.3, 0.4) is 0 Å². The minimum absolute atomic E-state index is 0.414. The highest BCUT2D eigenvalue weighted by Gasteiger charge is 2.22. The third kappa shape index (κ3) is 8.31. The fraction of sp³-hybridized carbons (Fsp3) is 0.783. The lowest BCUT2D eigenvalue weighted by Crippen LogP contribution is -2.13. The zero-order chi connectivity index (χ0) is 17.6. The van der Waals surface area contributed by atoms with Gasteiger partial charge in [-0.2, -0.15) is 0 Å². The maximum atomic E-state index is 12.4. The average Bonchev–Trinajstić information content (AvgIpc) is 2.58. The number of carbonyl (C=O) groups is 1. The van der Waals surface area contributed by atoms with E-state index in [4.69, 9.17) is 0 Å². The summed E-state index contributed by atoms with van der Waals surface area (Å²) in [5, 5.41) is 0. The van der Waals surface area contributed by atoms with Crippen LogP contribution in [0.15, 0.2) is 23.3 Å². The Labute approximate surface area is 151 Å². The standard InChI is InChI=1S/C23H40O/c1-4-6-8-10-12-14-16-21-20(3)18-19-23(24)22(21)17-15-13-11-9-7-5-2/h3-19H2,1-2H3. The SMILES string of the molecule is C=C1CCC(=O)C(CCCCCCCC)=C1CCCCCCCC. The van der Waals surface area contributed by atoms with Gasteiger partial charge in [0.1, 0.15) is 0 Å². The number of allylic oxidation sites excluding steroid dienone is 3. The summed E-state index contributed by atoms with van der Waals surface area (Å²) in [5.74, 6) is 0.414. The van der Waals surface area contributed by atoms with Gasteiger partial charge in [0, 0.05) is 6.42 Å². The van der Waals surface area contributed by atoms with Crippen LogP contribution in [0.5, 0.6) is 0 Å². The molecule has 0 aliphatic heterocycles. The minimum Gasteiger partial charge on any atom is -0.295 e. The highest BCUT2D eigenvalue weighted by atomic mass is 16.1. The first kappa shape index (κ1) is 21.2. The van der Waals surface area contributed by atoms with E-state index in [1.165, 1.54) is 88.2 Å². The summed E-state index contributed by atoms with van der Waals surface area (Å²) in [6.45, 7) is 8.78. The van der Waals surface area contributed by atoms with Gasteiger partial charge in [-0.05, 0) is 43.3 Å². The fourth-order valence-electron chi connectivity index (χ4n) is 3.73. The van der Waals surface area contributed by atoms with Gasteiger partial charge in [0.2, 0.25) is 0 Å². The molecule has 0 atom stereocenters. The molecule has 0 aromatic rings. The van der Waals surface area contributed by atoms with Crippen molar-refractivity contribution in [3.05, 3.63) is 23.3 Å². The summed E-state index contributed by atoms with van der Waals surface area (Å²) in [6.07, 6.45) is 19.3. The van der Waals surface area contributed by atoms with E-state index in [0.717, 1.165) is 24.8 Å². The summed E-state index contributed by atoms with van der Waals surface area (Å²) >= 11 is 0. The predicted octanol–water partition coefficient (Wildman–Crippen LogP) is 7.70. The topological polar surface area (TPSA) is 17.1 Å². The van der Waals surface area contributed by atoms with Gasteiger partial charge in [-0.25, -0.2) is 0 Å². The number of hydrogen-bond donors (Lipinski definition) is 0. The first-order chi connectivity index (χ1) is 11.7. The summed E-state index contributed by atoms with van der Waals surface area (Å²) in [5.41, 5.74) is 3.75. The number of ketones is 1. The van der Waals surface area contributed by atoms with Crippen molar-refractivity contribution in [1.82, 2.24) is 0 Å². The van der Waals surface area contributed by atoms with Gasteiger partial charge in [0.25, 0.3) is 0 Å². The van der Waals surface area contributed by atoms with Crippen molar-refractivity contribution in [1.29, 1.82) is 0 Å². The van der Waals surface area contributed by atoms with Gasteiger partial charge in [0.15, 0.2) is 5.78 Å². The van der Waals surface area contributed by atoms with Gasteiger partial charge in [-0.3, -0.25) is 4.79 Å². The molecule has 1 heteroatoms. The average molecular weight is 333 g/mol. The van der Waals surface area contributed by atoms with Gasteiger partial charge in [-0.1, -0.05) is 90.2 Å². The molecule has 0 fully saturated rings. The molecule has 0 radical (unpaired) electrons. The minimum atomic E-state index is 0.414. The number of Topliss-reactive ketones (excluding diaryl/α,β-unsaturated/α-hetero) is 1. The molecule has 1 nitrogen and oxygen atoms in total. The Morgan fingerprint density at radius 3 is 1.67 bits per heavy atom. The second-order valence-electron chi connectivity index (χ2n) is 7.52. The molecule has 0 spiro atoms. The zero-order valence-electron chi connectivity index (χ0n) is 16.4. The van der Waals surface area contributed by atoms with Gasteiger partial charge in [0.05, 0.1) is 0 Å². The van der Waals surface area contributed by atoms with Crippen molar-refractivity contribution in [3.63, 3.8) is 0 Å². The highest BCUT2D eigenvalue weighted by Crippen LogP contribution is 2.33. The Morgan fingerprint density at radius 2 is 1.12 bits per heavy atom. The number of hydrogen-bond acceptors (Lipinski definition) is 1. The molecule has 0 heterocycles. The van der Waals surface area contributed by atoms with Gasteiger partial charge >= 0.3 is 0 Å². The van der Waals surface area contributed by atoms with E-state index in [1.807, 2.05) is 0 Å². The Hall–Kier alpha value is -0.850. The van der Waals surface area contributed by atoms with Gasteiger partial charge in [-0.15, -0.1) is 0 Å². The van der Waals surface area contributed by atoms with Crippen LogP contribution in [0.25, 0.3) is 0 Å². The molecule has 1 aliphatic carbocycles. The predicted molar refractivity (Wildman–Crippen MR) is 106 cm³/mol. The van der Waals surface area contributed by atoms with Crippen LogP contribution in [0, 0.1) is 0 Å². The maximum Gasteiger partial charge on any atom is 0.159 e. The third-order valence-corrected chi connectivity index (χ3v) is 5.34. The fourth-order valence-corrected chi connectivity index (χ4v) is 3.73. The number of carbonyl (C=O) groups excluding carboxylic acids is 1. The third-order valence-electron chi connectivity index (χ3n) is 5.34. The van der Waals surface area contributed by atoms with Crippen LogP contribution in [0.1, 0.15) is 117 Å². The molecule has 0 aromatic carbocycles. The molecular formula is C23H40O. The summed E-state index contributed by atoms with van der Waals surface area (Å²) < 4.78 is 0. The van der Waals surface area contributed by atoms with Crippen LogP contribution in [-0.2, 0) is 4.79 Å². The summed E-state index contributed by atoms with van der Waals surface area (Å²) in [4.78, 5) is 12.4. The van der Waals surface area contributed by atoms with Gasteiger partial charge < -0.3 is 0 Å². The molecule has 1 aliphatic rings. The van der Waals surface area contributed by atoms with Crippen LogP contribution in [-0.4, -0.2) is 5.78 Å².